The zero-order valence-corrected chi connectivity index (χ0v) is 21.4. The molecule has 0 aliphatic carbocycles. The number of aromatic nitrogens is 2. The first-order valence-corrected chi connectivity index (χ1v) is 12.6. The summed E-state index contributed by atoms with van der Waals surface area (Å²) in [5.41, 5.74) is 4.55. The van der Waals surface area contributed by atoms with Gasteiger partial charge in [0, 0.05) is 51.0 Å². The molecule has 2 aromatic carbocycles. The van der Waals surface area contributed by atoms with Crippen LogP contribution < -0.4 is 21.3 Å². The summed E-state index contributed by atoms with van der Waals surface area (Å²) in [6, 6.07) is 17.8. The summed E-state index contributed by atoms with van der Waals surface area (Å²) in [7, 11) is 0. The van der Waals surface area contributed by atoms with Gasteiger partial charge in [0.2, 0.25) is 0 Å². The van der Waals surface area contributed by atoms with Crippen LogP contribution in [0.2, 0.25) is 0 Å². The number of hydrogen-bond acceptors (Lipinski definition) is 6. The predicted molar refractivity (Wildman–Crippen MR) is 146 cm³/mol. The third-order valence-electron chi connectivity index (χ3n) is 6.38. The van der Waals surface area contributed by atoms with Crippen molar-refractivity contribution >= 4 is 23.6 Å². The van der Waals surface area contributed by atoms with E-state index >= 15 is 0 Å². The molecule has 0 unspecified atom stereocenters. The number of carbonyl (C=O) groups excluding carboxylic acids is 4. The largest absolute Gasteiger partial charge is 0.348 e. The Morgan fingerprint density at radius 3 is 0.850 bits per heavy atom. The summed E-state index contributed by atoms with van der Waals surface area (Å²) in [6.07, 6.45) is 5.65. The summed E-state index contributed by atoms with van der Waals surface area (Å²) < 4.78 is 0. The lowest BCUT2D eigenvalue weighted by atomic mass is 10.1. The van der Waals surface area contributed by atoms with Crippen LogP contribution in [-0.4, -0.2) is 33.6 Å². The normalized spacial score (nSPS) is 14.6. The van der Waals surface area contributed by atoms with Crippen LogP contribution in [0.3, 0.4) is 0 Å². The fourth-order valence-corrected chi connectivity index (χ4v) is 4.06. The van der Waals surface area contributed by atoms with Gasteiger partial charge in [-0.3, -0.25) is 29.1 Å². The number of rotatable bonds is 0. The zero-order valence-electron chi connectivity index (χ0n) is 21.4. The molecule has 4 N–H and O–H groups in total. The number of hydrogen-bond donors (Lipinski definition) is 4. The number of nitrogens with zero attached hydrogens (tertiary/aromatic N) is 2. The Bertz CT molecular complexity index is 1340. The molecule has 4 aliphatic rings. The first-order chi connectivity index (χ1) is 19.4. The van der Waals surface area contributed by atoms with Crippen LogP contribution >= 0.6 is 0 Å². The molecule has 4 aromatic rings. The van der Waals surface area contributed by atoms with Gasteiger partial charge in [-0.05, 0) is 34.4 Å². The van der Waals surface area contributed by atoms with Crippen LogP contribution in [-0.2, 0) is 26.2 Å². The molecule has 8 rings (SSSR count). The molecular formula is C30H26N6O4. The van der Waals surface area contributed by atoms with Gasteiger partial charge in [0.05, 0.1) is 22.3 Å². The van der Waals surface area contributed by atoms with E-state index in [1.165, 1.54) is 36.9 Å². The summed E-state index contributed by atoms with van der Waals surface area (Å²) in [4.78, 5) is 58.9. The Morgan fingerprint density at radius 1 is 0.400 bits per heavy atom. The second-order valence-corrected chi connectivity index (χ2v) is 9.29. The average molecular weight is 535 g/mol. The van der Waals surface area contributed by atoms with Crippen molar-refractivity contribution in [1.82, 2.24) is 31.2 Å². The van der Waals surface area contributed by atoms with Crippen LogP contribution in [0.4, 0.5) is 0 Å². The Labute approximate surface area is 230 Å². The fraction of sp³-hybridized carbons (Fsp3) is 0.133. The van der Waals surface area contributed by atoms with Crippen molar-refractivity contribution < 1.29 is 19.2 Å². The average Bonchev–Trinajstić information content (AvgIpc) is 3.00. The Balaban J connectivity index is 1.36. The van der Waals surface area contributed by atoms with E-state index in [1.54, 1.807) is 0 Å². The summed E-state index contributed by atoms with van der Waals surface area (Å²) in [5, 5.41) is 11.3. The molecule has 4 amide bonds. The Hall–Kier alpha value is -5.38. The smallest absolute Gasteiger partial charge is 0.253 e. The number of pyridine rings is 2. The highest BCUT2D eigenvalue weighted by atomic mass is 16.2. The minimum Gasteiger partial charge on any atom is -0.348 e. The fourth-order valence-electron chi connectivity index (χ4n) is 4.06. The van der Waals surface area contributed by atoms with E-state index in [0.717, 1.165) is 22.3 Å². The van der Waals surface area contributed by atoms with Crippen molar-refractivity contribution in [2.24, 2.45) is 0 Å². The van der Waals surface area contributed by atoms with Crippen LogP contribution in [0.1, 0.15) is 63.7 Å². The third kappa shape index (κ3) is 6.54. The van der Waals surface area contributed by atoms with Gasteiger partial charge in [-0.1, -0.05) is 48.5 Å². The van der Waals surface area contributed by atoms with Gasteiger partial charge in [0.1, 0.15) is 0 Å². The Morgan fingerprint density at radius 2 is 0.625 bits per heavy atom. The molecule has 0 saturated carbocycles. The molecule has 0 saturated heterocycles. The number of nitrogens with one attached hydrogen (secondary N) is 4. The standard InChI is InChI=1S/C30H26N6O4/c37-27-23-9-25(17-31-15-23)29(39)35-13-21-5-7-22(8-6-21)14-36-30(40)26-10-24(16-32-18-26)28(38)34-12-20-2-1-19(3-4-20)11-33-27/h1-10,15-18H,11-14H2,(H,33,37)(H,34,38)(H,35,39)(H,36,40). The maximum Gasteiger partial charge on any atom is 0.253 e. The lowest BCUT2D eigenvalue weighted by Crippen LogP contribution is -2.26. The number of benzene rings is 2. The predicted octanol–water partition coefficient (Wildman–Crippen LogP) is 2.51. The number of carbonyl (C=O) groups is 4. The van der Waals surface area contributed by atoms with Crippen LogP contribution in [0.5, 0.6) is 0 Å². The van der Waals surface area contributed by atoms with Crippen molar-refractivity contribution in [3.8, 4) is 0 Å². The van der Waals surface area contributed by atoms with Gasteiger partial charge in [-0.15, -0.1) is 0 Å². The lowest BCUT2D eigenvalue weighted by molar-refractivity contribution is 0.0934. The first kappa shape index (κ1) is 26.2. The second kappa shape index (κ2) is 12.0. The van der Waals surface area contributed by atoms with E-state index in [-0.39, 0.29) is 72.1 Å². The summed E-state index contributed by atoms with van der Waals surface area (Å²) in [6.45, 7) is 1.10. The van der Waals surface area contributed by atoms with Crippen molar-refractivity contribution in [2.45, 2.75) is 26.2 Å². The maximum atomic E-state index is 12.7. The van der Waals surface area contributed by atoms with Crippen molar-refractivity contribution in [2.75, 3.05) is 0 Å². The summed E-state index contributed by atoms with van der Waals surface area (Å²) >= 11 is 0. The molecule has 10 heteroatoms. The maximum absolute atomic E-state index is 12.7. The second-order valence-electron chi connectivity index (χ2n) is 9.29. The molecule has 0 spiro atoms. The molecule has 2 aromatic heterocycles. The van der Waals surface area contributed by atoms with E-state index in [0.29, 0.717) is 0 Å². The molecule has 4 aliphatic heterocycles. The van der Waals surface area contributed by atoms with Crippen LogP contribution in [0.25, 0.3) is 0 Å². The van der Waals surface area contributed by atoms with Gasteiger partial charge in [-0.2, -0.15) is 0 Å². The van der Waals surface area contributed by atoms with E-state index in [9.17, 15) is 19.2 Å². The van der Waals surface area contributed by atoms with Gasteiger partial charge < -0.3 is 21.3 Å². The third-order valence-corrected chi connectivity index (χ3v) is 6.38. The quantitative estimate of drug-likeness (QED) is 0.273. The molecule has 8 bridgehead atoms. The molecule has 40 heavy (non-hydrogen) atoms. The Kier molecular flexibility index (Phi) is 7.87. The van der Waals surface area contributed by atoms with E-state index in [2.05, 4.69) is 31.2 Å². The molecule has 0 atom stereocenters. The SMILES string of the molecule is O=C1NCc2ccc(cc2)CNC(=O)c2cncc(c2)C(=O)NCc2ccc(cc2)CNC(=O)c2cncc1c2. The van der Waals surface area contributed by atoms with E-state index in [1.807, 2.05) is 48.5 Å². The number of amides is 4. The minimum atomic E-state index is -0.349. The summed E-state index contributed by atoms with van der Waals surface area (Å²) in [5.74, 6) is -1.39. The molecule has 0 radical (unpaired) electrons. The first-order valence-electron chi connectivity index (χ1n) is 12.6. The van der Waals surface area contributed by atoms with Crippen molar-refractivity contribution in [3.05, 3.63) is 130 Å². The molecule has 0 fully saturated rings. The van der Waals surface area contributed by atoms with Crippen molar-refractivity contribution in [1.29, 1.82) is 0 Å². The zero-order chi connectivity index (χ0) is 27.9. The highest BCUT2D eigenvalue weighted by molar-refractivity contribution is 6.00. The molecular weight excluding hydrogens is 508 g/mol. The topological polar surface area (TPSA) is 142 Å². The van der Waals surface area contributed by atoms with Crippen molar-refractivity contribution in [3.63, 3.8) is 0 Å². The van der Waals surface area contributed by atoms with Gasteiger partial charge in [0.25, 0.3) is 23.6 Å². The minimum absolute atomic E-state index is 0.276. The van der Waals surface area contributed by atoms with Crippen LogP contribution in [0.15, 0.2) is 85.5 Å². The van der Waals surface area contributed by atoms with E-state index < -0.39 is 0 Å². The van der Waals surface area contributed by atoms with Gasteiger partial charge >= 0.3 is 0 Å². The van der Waals surface area contributed by atoms with E-state index in [4.69, 9.17) is 0 Å². The van der Waals surface area contributed by atoms with Gasteiger partial charge in [-0.25, -0.2) is 0 Å². The lowest BCUT2D eigenvalue weighted by Gasteiger charge is -2.10. The molecule has 200 valence electrons. The van der Waals surface area contributed by atoms with Gasteiger partial charge in [0.15, 0.2) is 0 Å². The monoisotopic (exact) mass is 534 g/mol. The van der Waals surface area contributed by atoms with Crippen LogP contribution in [0, 0.1) is 0 Å². The molecule has 6 heterocycles. The highest BCUT2D eigenvalue weighted by Gasteiger charge is 2.14. The molecule has 10 nitrogen and oxygen atoms in total. The highest BCUT2D eigenvalue weighted by Crippen LogP contribution is 2.10.